The maximum Gasteiger partial charge on any atom is 0.267 e. The summed E-state index contributed by atoms with van der Waals surface area (Å²) >= 11 is 1.24. The fourth-order valence-corrected chi connectivity index (χ4v) is 3.55. The van der Waals surface area contributed by atoms with Gasteiger partial charge in [0, 0.05) is 19.1 Å². The van der Waals surface area contributed by atoms with Crippen molar-refractivity contribution in [3.8, 4) is 0 Å². The van der Waals surface area contributed by atoms with Gasteiger partial charge in [0.25, 0.3) is 5.91 Å². The van der Waals surface area contributed by atoms with Crippen LogP contribution < -0.4 is 0 Å². The number of likely N-dealkylation sites (tertiary alicyclic amines) is 2. The summed E-state index contributed by atoms with van der Waals surface area (Å²) in [7, 11) is 0. The van der Waals surface area contributed by atoms with E-state index >= 15 is 0 Å². The van der Waals surface area contributed by atoms with Gasteiger partial charge in [-0.15, -0.1) is 5.10 Å². The van der Waals surface area contributed by atoms with Crippen LogP contribution in [0.15, 0.2) is 0 Å². The molecule has 2 aliphatic rings. The number of nitrogens with zero attached hydrogens (tertiary/aromatic N) is 4. The molecule has 0 atom stereocenters. The lowest BCUT2D eigenvalue weighted by molar-refractivity contribution is 0.0337. The van der Waals surface area contributed by atoms with Crippen molar-refractivity contribution in [3.63, 3.8) is 0 Å². The number of rotatable bonds is 4. The largest absolute Gasteiger partial charge is 0.335 e. The highest BCUT2D eigenvalue weighted by molar-refractivity contribution is 7.08. The first kappa shape index (κ1) is 13.0. The lowest BCUT2D eigenvalue weighted by Crippen LogP contribution is -2.60. The molecule has 6 heteroatoms. The SMILES string of the molecule is CCCc1nnsc1C(=O)N1CC(N2CCCC2)C1. The quantitative estimate of drug-likeness (QED) is 0.837. The highest BCUT2D eigenvalue weighted by atomic mass is 32.1. The van der Waals surface area contributed by atoms with Crippen LogP contribution in [0.2, 0.25) is 0 Å². The number of hydrogen-bond acceptors (Lipinski definition) is 5. The molecular formula is C13H20N4OS. The Hall–Kier alpha value is -1.01. The molecule has 0 bridgehead atoms. The van der Waals surface area contributed by atoms with Gasteiger partial charge in [0.05, 0.1) is 5.69 Å². The van der Waals surface area contributed by atoms with Gasteiger partial charge in [0.15, 0.2) is 0 Å². The predicted molar refractivity (Wildman–Crippen MR) is 74.4 cm³/mol. The normalized spacial score (nSPS) is 20.8. The Morgan fingerprint density at radius 3 is 2.79 bits per heavy atom. The number of amides is 1. The lowest BCUT2D eigenvalue weighted by atomic mass is 10.1. The van der Waals surface area contributed by atoms with Crippen LogP contribution in [0.1, 0.15) is 41.6 Å². The topological polar surface area (TPSA) is 49.3 Å². The average Bonchev–Trinajstić information content (AvgIpc) is 2.98. The molecule has 2 aliphatic heterocycles. The fraction of sp³-hybridized carbons (Fsp3) is 0.769. The van der Waals surface area contributed by atoms with Gasteiger partial charge >= 0.3 is 0 Å². The van der Waals surface area contributed by atoms with Crippen molar-refractivity contribution >= 4 is 17.4 Å². The smallest absolute Gasteiger partial charge is 0.267 e. The molecule has 1 amide bonds. The summed E-state index contributed by atoms with van der Waals surface area (Å²) in [6.07, 6.45) is 4.47. The third kappa shape index (κ3) is 2.51. The minimum atomic E-state index is 0.133. The molecule has 1 aromatic rings. The van der Waals surface area contributed by atoms with Crippen molar-refractivity contribution in [3.05, 3.63) is 10.6 Å². The van der Waals surface area contributed by atoms with E-state index < -0.39 is 0 Å². The third-order valence-electron chi connectivity index (χ3n) is 4.04. The zero-order chi connectivity index (χ0) is 13.2. The van der Waals surface area contributed by atoms with Crippen LogP contribution in [0.4, 0.5) is 0 Å². The van der Waals surface area contributed by atoms with Crippen molar-refractivity contribution < 1.29 is 4.79 Å². The zero-order valence-corrected chi connectivity index (χ0v) is 12.2. The van der Waals surface area contributed by atoms with Crippen LogP contribution in [0.3, 0.4) is 0 Å². The molecule has 0 aliphatic carbocycles. The van der Waals surface area contributed by atoms with Crippen LogP contribution in [0.5, 0.6) is 0 Å². The zero-order valence-electron chi connectivity index (χ0n) is 11.3. The van der Waals surface area contributed by atoms with Gasteiger partial charge in [0.2, 0.25) is 0 Å². The van der Waals surface area contributed by atoms with E-state index in [-0.39, 0.29) is 5.91 Å². The highest BCUT2D eigenvalue weighted by Crippen LogP contribution is 2.24. The van der Waals surface area contributed by atoms with Crippen molar-refractivity contribution in [1.82, 2.24) is 19.4 Å². The van der Waals surface area contributed by atoms with E-state index in [2.05, 4.69) is 21.4 Å². The molecule has 0 saturated carbocycles. The standard InChI is InChI=1S/C13H20N4OS/c1-2-5-11-12(19-15-14-11)13(18)17-8-10(9-17)16-6-3-4-7-16/h10H,2-9H2,1H3. The molecule has 2 saturated heterocycles. The average molecular weight is 280 g/mol. The van der Waals surface area contributed by atoms with Crippen LogP contribution in [-0.2, 0) is 6.42 Å². The minimum absolute atomic E-state index is 0.133. The minimum Gasteiger partial charge on any atom is -0.335 e. The van der Waals surface area contributed by atoms with Gasteiger partial charge in [-0.2, -0.15) is 0 Å². The molecule has 3 rings (SSSR count). The van der Waals surface area contributed by atoms with Crippen LogP contribution in [0.25, 0.3) is 0 Å². The van der Waals surface area contributed by atoms with Crippen LogP contribution >= 0.6 is 11.5 Å². The maximum atomic E-state index is 12.4. The Morgan fingerprint density at radius 2 is 2.11 bits per heavy atom. The molecule has 5 nitrogen and oxygen atoms in total. The van der Waals surface area contributed by atoms with Crippen molar-refractivity contribution in [2.75, 3.05) is 26.2 Å². The Labute approximate surface area is 117 Å². The van der Waals surface area contributed by atoms with E-state index in [1.807, 2.05) is 4.90 Å². The van der Waals surface area contributed by atoms with Crippen molar-refractivity contribution in [2.24, 2.45) is 0 Å². The predicted octanol–water partition coefficient (Wildman–Crippen LogP) is 1.41. The fourth-order valence-electron chi connectivity index (χ4n) is 2.87. The summed E-state index contributed by atoms with van der Waals surface area (Å²) in [6.45, 7) is 6.26. The summed E-state index contributed by atoms with van der Waals surface area (Å²) in [5, 5.41) is 4.07. The second-order valence-electron chi connectivity index (χ2n) is 5.41. The van der Waals surface area contributed by atoms with Crippen LogP contribution in [0, 0.1) is 0 Å². The van der Waals surface area contributed by atoms with Crippen LogP contribution in [-0.4, -0.2) is 57.5 Å². The molecular weight excluding hydrogens is 260 g/mol. The van der Waals surface area contributed by atoms with Gasteiger partial charge in [-0.05, 0) is 43.9 Å². The van der Waals surface area contributed by atoms with Crippen molar-refractivity contribution in [2.45, 2.75) is 38.6 Å². The number of hydrogen-bond donors (Lipinski definition) is 0. The number of aryl methyl sites for hydroxylation is 1. The molecule has 1 aromatic heterocycles. The second-order valence-corrected chi connectivity index (χ2v) is 6.16. The Bertz CT molecular complexity index is 449. The molecule has 0 radical (unpaired) electrons. The first-order valence-corrected chi connectivity index (χ1v) is 7.91. The molecule has 2 fully saturated rings. The molecule has 3 heterocycles. The Kier molecular flexibility index (Phi) is 3.79. The number of aromatic nitrogens is 2. The van der Waals surface area contributed by atoms with Gasteiger partial charge in [0.1, 0.15) is 4.88 Å². The monoisotopic (exact) mass is 280 g/mol. The highest BCUT2D eigenvalue weighted by Gasteiger charge is 2.37. The maximum absolute atomic E-state index is 12.4. The first-order chi connectivity index (χ1) is 9.29. The number of carbonyl (C=O) groups is 1. The van der Waals surface area contributed by atoms with E-state index in [9.17, 15) is 4.79 Å². The first-order valence-electron chi connectivity index (χ1n) is 7.14. The Morgan fingerprint density at radius 1 is 1.37 bits per heavy atom. The summed E-state index contributed by atoms with van der Waals surface area (Å²) < 4.78 is 3.93. The lowest BCUT2D eigenvalue weighted by Gasteiger charge is -2.43. The summed E-state index contributed by atoms with van der Waals surface area (Å²) in [5.74, 6) is 0.133. The molecule has 0 aromatic carbocycles. The van der Waals surface area contributed by atoms with E-state index in [0.29, 0.717) is 6.04 Å². The van der Waals surface area contributed by atoms with E-state index in [1.54, 1.807) is 0 Å². The second kappa shape index (κ2) is 5.54. The van der Waals surface area contributed by atoms with E-state index in [4.69, 9.17) is 0 Å². The Balaban J connectivity index is 1.58. The molecule has 0 spiro atoms. The van der Waals surface area contributed by atoms with Gasteiger partial charge in [-0.25, -0.2) is 0 Å². The molecule has 0 unspecified atom stereocenters. The number of carbonyl (C=O) groups excluding carboxylic acids is 1. The molecule has 19 heavy (non-hydrogen) atoms. The van der Waals surface area contributed by atoms with Crippen molar-refractivity contribution in [1.29, 1.82) is 0 Å². The van der Waals surface area contributed by atoms with Gasteiger partial charge in [-0.3, -0.25) is 9.69 Å². The van der Waals surface area contributed by atoms with E-state index in [1.165, 1.54) is 37.5 Å². The summed E-state index contributed by atoms with van der Waals surface area (Å²) in [4.78, 5) is 17.6. The molecule has 104 valence electrons. The molecule has 0 N–H and O–H groups in total. The third-order valence-corrected chi connectivity index (χ3v) is 4.80. The van der Waals surface area contributed by atoms with Gasteiger partial charge < -0.3 is 4.90 Å². The van der Waals surface area contributed by atoms with E-state index in [0.717, 1.165) is 36.5 Å². The summed E-state index contributed by atoms with van der Waals surface area (Å²) in [5.41, 5.74) is 0.877. The summed E-state index contributed by atoms with van der Waals surface area (Å²) in [6, 6.07) is 0.585. The van der Waals surface area contributed by atoms with Gasteiger partial charge in [-0.1, -0.05) is 17.8 Å².